The molecule has 0 bridgehead atoms. The number of hydrogen-bond donors (Lipinski definition) is 0. The molecule has 0 N–H and O–H groups in total. The molecule has 0 fully saturated rings. The molecule has 1 unspecified atom stereocenters. The van der Waals surface area contributed by atoms with Gasteiger partial charge in [-0.15, -0.1) is 11.6 Å². The molecule has 0 heterocycles. The van der Waals surface area contributed by atoms with E-state index in [1.165, 1.54) is 12.8 Å². The molecular weight excluding hydrogens is 250 g/mol. The Bertz CT molecular complexity index is 310. The molecule has 0 aliphatic heterocycles. The Kier molecular flexibility index (Phi) is 5.81. The molecule has 0 aliphatic carbocycles. The topological polar surface area (TPSA) is 0 Å². The van der Waals surface area contributed by atoms with Crippen LogP contribution in [-0.2, 0) is 6.42 Å². The van der Waals surface area contributed by atoms with Crippen LogP contribution in [0.4, 0.5) is 0 Å². The van der Waals surface area contributed by atoms with Gasteiger partial charge < -0.3 is 0 Å². The van der Waals surface area contributed by atoms with Gasteiger partial charge in [0.15, 0.2) is 0 Å². The second kappa shape index (κ2) is 6.62. The van der Waals surface area contributed by atoms with Crippen molar-refractivity contribution in [1.82, 2.24) is 0 Å². The van der Waals surface area contributed by atoms with Crippen molar-refractivity contribution in [3.8, 4) is 0 Å². The van der Waals surface area contributed by atoms with Gasteiger partial charge in [0.2, 0.25) is 0 Å². The van der Waals surface area contributed by atoms with E-state index in [9.17, 15) is 0 Å². The SMILES string of the molecule is CCCCC(Cl)Cc1ccc(Cl)cc1Cl. The first-order valence-corrected chi connectivity index (χ1v) is 6.40. The summed E-state index contributed by atoms with van der Waals surface area (Å²) in [5.74, 6) is 0. The number of unbranched alkanes of at least 4 members (excludes halogenated alkanes) is 1. The molecule has 0 aromatic heterocycles. The van der Waals surface area contributed by atoms with Gasteiger partial charge in [-0.05, 0) is 30.5 Å². The summed E-state index contributed by atoms with van der Waals surface area (Å²) in [7, 11) is 0. The summed E-state index contributed by atoms with van der Waals surface area (Å²) in [5.41, 5.74) is 1.08. The summed E-state index contributed by atoms with van der Waals surface area (Å²) >= 11 is 18.1. The van der Waals surface area contributed by atoms with Crippen LogP contribution in [0.25, 0.3) is 0 Å². The summed E-state index contributed by atoms with van der Waals surface area (Å²) in [6.45, 7) is 2.17. The molecule has 0 amide bonds. The van der Waals surface area contributed by atoms with Crippen molar-refractivity contribution in [3.05, 3.63) is 33.8 Å². The van der Waals surface area contributed by atoms with Crippen molar-refractivity contribution < 1.29 is 0 Å². The molecule has 0 saturated carbocycles. The van der Waals surface area contributed by atoms with Crippen LogP contribution in [0.15, 0.2) is 18.2 Å². The summed E-state index contributed by atoms with van der Waals surface area (Å²) in [6.07, 6.45) is 4.20. The van der Waals surface area contributed by atoms with E-state index in [0.717, 1.165) is 18.4 Å². The van der Waals surface area contributed by atoms with E-state index in [-0.39, 0.29) is 5.38 Å². The Labute approximate surface area is 107 Å². The minimum atomic E-state index is 0.170. The smallest absolute Gasteiger partial charge is 0.0453 e. The molecular formula is C12H15Cl3. The first-order chi connectivity index (χ1) is 7.13. The lowest BCUT2D eigenvalue weighted by atomic mass is 10.1. The second-order valence-corrected chi connectivity index (χ2v) is 5.14. The normalized spacial score (nSPS) is 12.8. The van der Waals surface area contributed by atoms with E-state index >= 15 is 0 Å². The minimum absolute atomic E-state index is 0.170. The molecule has 3 heteroatoms. The van der Waals surface area contributed by atoms with E-state index in [1.807, 2.05) is 12.1 Å². The van der Waals surface area contributed by atoms with Crippen LogP contribution in [0.1, 0.15) is 31.7 Å². The van der Waals surface area contributed by atoms with Gasteiger partial charge >= 0.3 is 0 Å². The molecule has 1 aromatic rings. The summed E-state index contributed by atoms with van der Waals surface area (Å²) in [5, 5.41) is 1.55. The van der Waals surface area contributed by atoms with Crippen molar-refractivity contribution in [2.75, 3.05) is 0 Å². The highest BCUT2D eigenvalue weighted by atomic mass is 35.5. The molecule has 15 heavy (non-hydrogen) atoms. The van der Waals surface area contributed by atoms with Gasteiger partial charge in [0.05, 0.1) is 0 Å². The monoisotopic (exact) mass is 264 g/mol. The van der Waals surface area contributed by atoms with E-state index in [4.69, 9.17) is 34.8 Å². The predicted molar refractivity (Wildman–Crippen MR) is 69.3 cm³/mol. The van der Waals surface area contributed by atoms with Gasteiger partial charge in [0, 0.05) is 15.4 Å². The lowest BCUT2D eigenvalue weighted by Crippen LogP contribution is -2.03. The summed E-state index contributed by atoms with van der Waals surface area (Å²) in [4.78, 5) is 0. The van der Waals surface area contributed by atoms with Crippen molar-refractivity contribution in [2.45, 2.75) is 38.0 Å². The number of hydrogen-bond acceptors (Lipinski definition) is 0. The summed E-state index contributed by atoms with van der Waals surface area (Å²) < 4.78 is 0. The third kappa shape index (κ3) is 4.63. The Balaban J connectivity index is 2.56. The molecule has 0 radical (unpaired) electrons. The molecule has 0 saturated heterocycles. The van der Waals surface area contributed by atoms with Crippen LogP contribution < -0.4 is 0 Å². The Morgan fingerprint density at radius 3 is 2.60 bits per heavy atom. The highest BCUT2D eigenvalue weighted by molar-refractivity contribution is 6.35. The number of benzene rings is 1. The van der Waals surface area contributed by atoms with Gasteiger partial charge in [0.1, 0.15) is 0 Å². The van der Waals surface area contributed by atoms with Crippen molar-refractivity contribution >= 4 is 34.8 Å². The average molecular weight is 266 g/mol. The third-order valence-corrected chi connectivity index (χ3v) is 3.29. The van der Waals surface area contributed by atoms with E-state index in [0.29, 0.717) is 10.0 Å². The van der Waals surface area contributed by atoms with Gasteiger partial charge in [-0.1, -0.05) is 49.0 Å². The molecule has 1 rings (SSSR count). The molecule has 0 nitrogen and oxygen atoms in total. The zero-order chi connectivity index (χ0) is 11.3. The quantitative estimate of drug-likeness (QED) is 0.631. The van der Waals surface area contributed by atoms with Gasteiger partial charge in [-0.3, -0.25) is 0 Å². The highest BCUT2D eigenvalue weighted by Crippen LogP contribution is 2.24. The van der Waals surface area contributed by atoms with Crippen LogP contribution in [0.5, 0.6) is 0 Å². The lowest BCUT2D eigenvalue weighted by Gasteiger charge is -2.10. The maximum absolute atomic E-state index is 6.21. The van der Waals surface area contributed by atoms with Crippen molar-refractivity contribution in [3.63, 3.8) is 0 Å². The molecule has 0 spiro atoms. The standard InChI is InChI=1S/C12H15Cl3/c1-2-3-4-10(13)7-9-5-6-11(14)8-12(9)15/h5-6,8,10H,2-4,7H2,1H3. The number of alkyl halides is 1. The zero-order valence-electron chi connectivity index (χ0n) is 8.77. The van der Waals surface area contributed by atoms with Crippen LogP contribution in [-0.4, -0.2) is 5.38 Å². The zero-order valence-corrected chi connectivity index (χ0v) is 11.0. The van der Waals surface area contributed by atoms with E-state index in [1.54, 1.807) is 6.07 Å². The number of rotatable bonds is 5. The fourth-order valence-electron chi connectivity index (χ4n) is 1.45. The molecule has 1 atom stereocenters. The Morgan fingerprint density at radius 1 is 1.27 bits per heavy atom. The Morgan fingerprint density at radius 2 is 2.00 bits per heavy atom. The Hall–Kier alpha value is 0.0900. The predicted octanol–water partition coefficient (Wildman–Crippen LogP) is 5.33. The first kappa shape index (κ1) is 13.2. The second-order valence-electron chi connectivity index (χ2n) is 3.68. The van der Waals surface area contributed by atoms with Gasteiger partial charge in [0.25, 0.3) is 0 Å². The summed E-state index contributed by atoms with van der Waals surface area (Å²) in [6, 6.07) is 5.57. The van der Waals surface area contributed by atoms with Crippen molar-refractivity contribution in [1.29, 1.82) is 0 Å². The van der Waals surface area contributed by atoms with Crippen molar-refractivity contribution in [2.24, 2.45) is 0 Å². The van der Waals surface area contributed by atoms with E-state index < -0.39 is 0 Å². The number of halogens is 3. The first-order valence-electron chi connectivity index (χ1n) is 5.21. The highest BCUT2D eigenvalue weighted by Gasteiger charge is 2.08. The molecule has 0 aliphatic rings. The van der Waals surface area contributed by atoms with Gasteiger partial charge in [-0.25, -0.2) is 0 Å². The largest absolute Gasteiger partial charge is 0.123 e. The molecule has 84 valence electrons. The fourth-order valence-corrected chi connectivity index (χ4v) is 2.26. The van der Waals surface area contributed by atoms with Crippen LogP contribution in [0.3, 0.4) is 0 Å². The average Bonchev–Trinajstić information content (AvgIpc) is 2.19. The third-order valence-electron chi connectivity index (χ3n) is 2.33. The lowest BCUT2D eigenvalue weighted by molar-refractivity contribution is 0.674. The van der Waals surface area contributed by atoms with Crippen LogP contribution in [0.2, 0.25) is 10.0 Å². The minimum Gasteiger partial charge on any atom is -0.123 e. The van der Waals surface area contributed by atoms with Crippen LogP contribution in [0, 0.1) is 0 Å². The van der Waals surface area contributed by atoms with Crippen LogP contribution >= 0.6 is 34.8 Å². The van der Waals surface area contributed by atoms with E-state index in [2.05, 4.69) is 6.92 Å². The maximum Gasteiger partial charge on any atom is 0.0453 e. The molecule has 1 aromatic carbocycles. The maximum atomic E-state index is 6.21. The fraction of sp³-hybridized carbons (Fsp3) is 0.500. The van der Waals surface area contributed by atoms with Gasteiger partial charge in [-0.2, -0.15) is 0 Å².